The van der Waals surface area contributed by atoms with Crippen LogP contribution in [0.15, 0.2) is 4.79 Å². The van der Waals surface area contributed by atoms with Crippen molar-refractivity contribution in [2.45, 2.75) is 38.1 Å². The normalized spacial score (nSPS) is 39.4. The molecule has 0 atom stereocenters. The number of rotatable bonds is 1. The summed E-state index contributed by atoms with van der Waals surface area (Å²) in [5.74, 6) is 3.23. The smallest absolute Gasteiger partial charge is 0.328 e. The average Bonchev–Trinajstić information content (AvgIpc) is 2.65. The van der Waals surface area contributed by atoms with Crippen molar-refractivity contribution in [3.05, 3.63) is 16.2 Å². The lowest BCUT2D eigenvalue weighted by molar-refractivity contribution is -0.0294. The van der Waals surface area contributed by atoms with Crippen molar-refractivity contribution in [3.63, 3.8) is 0 Å². The predicted octanol–water partition coefficient (Wildman–Crippen LogP) is 1.63. The van der Waals surface area contributed by atoms with Gasteiger partial charge in [-0.2, -0.15) is 5.26 Å². The van der Waals surface area contributed by atoms with Crippen LogP contribution in [0.3, 0.4) is 0 Å². The number of aromatic amines is 1. The molecule has 3 N–H and O–H groups in total. The summed E-state index contributed by atoms with van der Waals surface area (Å²) >= 11 is 0. The Bertz CT molecular complexity index is 592. The molecule has 4 bridgehead atoms. The van der Waals surface area contributed by atoms with Crippen LogP contribution in [0, 0.1) is 35.0 Å². The van der Waals surface area contributed by atoms with E-state index in [2.05, 4.69) is 4.98 Å². The van der Waals surface area contributed by atoms with Gasteiger partial charge >= 0.3 is 5.69 Å². The Labute approximate surface area is 111 Å². The Morgan fingerprint density at radius 1 is 1.16 bits per heavy atom. The van der Waals surface area contributed by atoms with Gasteiger partial charge < -0.3 is 5.73 Å². The highest BCUT2D eigenvalue weighted by Gasteiger charge is 2.49. The molecule has 4 saturated carbocycles. The lowest BCUT2D eigenvalue weighted by Crippen LogP contribution is -2.48. The van der Waals surface area contributed by atoms with Crippen LogP contribution in [0.5, 0.6) is 0 Å². The molecule has 19 heavy (non-hydrogen) atoms. The summed E-state index contributed by atoms with van der Waals surface area (Å²) in [5, 5.41) is 8.99. The zero-order chi connectivity index (χ0) is 13.1. The highest BCUT2D eigenvalue weighted by Crippen LogP contribution is 2.58. The first kappa shape index (κ1) is 11.2. The van der Waals surface area contributed by atoms with E-state index < -0.39 is 0 Å². The van der Waals surface area contributed by atoms with Crippen molar-refractivity contribution in [3.8, 4) is 6.07 Å². The average molecular weight is 258 g/mol. The number of nitriles is 1. The summed E-state index contributed by atoms with van der Waals surface area (Å²) in [5.41, 5.74) is 6.02. The van der Waals surface area contributed by atoms with Crippen molar-refractivity contribution in [1.82, 2.24) is 9.55 Å². The van der Waals surface area contributed by atoms with Crippen molar-refractivity contribution in [1.29, 1.82) is 5.26 Å². The van der Waals surface area contributed by atoms with Gasteiger partial charge in [0.25, 0.3) is 0 Å². The van der Waals surface area contributed by atoms with E-state index in [1.807, 2.05) is 6.07 Å². The predicted molar refractivity (Wildman–Crippen MR) is 70.3 cm³/mol. The lowest BCUT2D eigenvalue weighted by Gasteiger charge is -2.54. The first-order valence-corrected chi connectivity index (χ1v) is 7.17. The second-order valence-electron chi connectivity index (χ2n) is 6.59. The van der Waals surface area contributed by atoms with E-state index in [4.69, 9.17) is 11.0 Å². The molecule has 4 aliphatic rings. The lowest BCUT2D eigenvalue weighted by atomic mass is 9.54. The second kappa shape index (κ2) is 3.66. The van der Waals surface area contributed by atoms with Gasteiger partial charge in [-0.05, 0) is 55.8 Å². The molecule has 4 aliphatic carbocycles. The van der Waals surface area contributed by atoms with Crippen LogP contribution in [-0.4, -0.2) is 9.55 Å². The van der Waals surface area contributed by atoms with Gasteiger partial charge in [0.2, 0.25) is 0 Å². The van der Waals surface area contributed by atoms with Crippen molar-refractivity contribution < 1.29 is 0 Å². The maximum Gasteiger partial charge on any atom is 0.328 e. The number of aromatic nitrogens is 2. The van der Waals surface area contributed by atoms with Gasteiger partial charge in [-0.25, -0.2) is 4.79 Å². The fourth-order valence-electron chi connectivity index (χ4n) is 5.16. The maximum atomic E-state index is 12.1. The number of hydrogen-bond donors (Lipinski definition) is 2. The van der Waals surface area contributed by atoms with Gasteiger partial charge in [0.1, 0.15) is 11.9 Å². The molecule has 0 radical (unpaired) electrons. The summed E-state index contributed by atoms with van der Waals surface area (Å²) < 4.78 is 1.69. The molecule has 1 aromatic rings. The van der Waals surface area contributed by atoms with E-state index >= 15 is 0 Å². The summed E-state index contributed by atoms with van der Waals surface area (Å²) in [7, 11) is 0. The number of anilines is 1. The fraction of sp³-hybridized carbons (Fsp3) is 0.714. The second-order valence-corrected chi connectivity index (χ2v) is 6.59. The molecule has 0 amide bonds. The van der Waals surface area contributed by atoms with Crippen LogP contribution in [0.4, 0.5) is 5.82 Å². The Morgan fingerprint density at radius 2 is 1.74 bits per heavy atom. The Balaban J connectivity index is 1.79. The number of nitrogens with zero attached hydrogens (tertiary/aromatic N) is 2. The monoisotopic (exact) mass is 258 g/mol. The standard InChI is InChI=1S/C14H18N4O/c15-6-11-13(16)18(14(19)17-11)12-9-2-7-1-8(4-9)5-10(12)3-7/h7-10,12H,1-5,16H2,(H,17,19). The molecule has 5 heteroatoms. The van der Waals surface area contributed by atoms with Gasteiger partial charge in [-0.1, -0.05) is 0 Å². The van der Waals surface area contributed by atoms with Crippen LogP contribution in [-0.2, 0) is 0 Å². The van der Waals surface area contributed by atoms with E-state index in [0.717, 1.165) is 11.8 Å². The fourth-order valence-corrected chi connectivity index (χ4v) is 5.16. The number of hydrogen-bond acceptors (Lipinski definition) is 3. The SMILES string of the molecule is N#Cc1[nH]c(=O)n(C2C3CC4CC(C3)CC2C4)c1N. The summed E-state index contributed by atoms with van der Waals surface area (Å²) in [6.45, 7) is 0. The molecule has 4 fully saturated rings. The number of imidazole rings is 1. The summed E-state index contributed by atoms with van der Waals surface area (Å²) in [6, 6.07) is 2.20. The quantitative estimate of drug-likeness (QED) is 0.802. The third-order valence-corrected chi connectivity index (χ3v) is 5.55. The maximum absolute atomic E-state index is 12.1. The molecule has 0 spiro atoms. The molecule has 0 aliphatic heterocycles. The Kier molecular flexibility index (Phi) is 2.15. The molecular weight excluding hydrogens is 240 g/mol. The number of H-pyrrole nitrogens is 1. The third kappa shape index (κ3) is 1.43. The van der Waals surface area contributed by atoms with Gasteiger partial charge in [-0.3, -0.25) is 9.55 Å². The van der Waals surface area contributed by atoms with E-state index in [1.54, 1.807) is 4.57 Å². The first-order chi connectivity index (χ1) is 9.17. The van der Waals surface area contributed by atoms with Gasteiger partial charge in [0.15, 0.2) is 5.69 Å². The van der Waals surface area contributed by atoms with Crippen molar-refractivity contribution in [2.75, 3.05) is 5.73 Å². The zero-order valence-electron chi connectivity index (χ0n) is 10.8. The Morgan fingerprint density at radius 3 is 2.21 bits per heavy atom. The molecule has 0 aromatic carbocycles. The van der Waals surface area contributed by atoms with E-state index in [9.17, 15) is 4.79 Å². The minimum atomic E-state index is -0.202. The zero-order valence-corrected chi connectivity index (χ0v) is 10.8. The number of nitrogen functional groups attached to an aromatic ring is 1. The summed E-state index contributed by atoms with van der Waals surface area (Å²) in [6.07, 6.45) is 6.32. The summed E-state index contributed by atoms with van der Waals surface area (Å²) in [4.78, 5) is 14.7. The van der Waals surface area contributed by atoms with Crippen LogP contribution in [0.25, 0.3) is 0 Å². The third-order valence-electron chi connectivity index (χ3n) is 5.55. The molecule has 5 nitrogen and oxygen atoms in total. The highest BCUT2D eigenvalue weighted by atomic mass is 16.1. The van der Waals surface area contributed by atoms with Gasteiger partial charge in [0.05, 0.1) is 0 Å². The van der Waals surface area contributed by atoms with E-state index in [0.29, 0.717) is 17.7 Å². The molecule has 0 unspecified atom stereocenters. The molecule has 0 saturated heterocycles. The van der Waals surface area contributed by atoms with Crippen molar-refractivity contribution >= 4 is 5.82 Å². The number of nitrogens with one attached hydrogen (secondary N) is 1. The minimum Gasteiger partial charge on any atom is -0.383 e. The van der Waals surface area contributed by atoms with Crippen molar-refractivity contribution in [2.24, 2.45) is 23.7 Å². The Hall–Kier alpha value is -1.70. The van der Waals surface area contributed by atoms with Gasteiger partial charge in [-0.15, -0.1) is 0 Å². The topological polar surface area (TPSA) is 87.6 Å². The van der Waals surface area contributed by atoms with Crippen LogP contribution < -0.4 is 11.4 Å². The first-order valence-electron chi connectivity index (χ1n) is 7.17. The molecule has 5 rings (SSSR count). The van der Waals surface area contributed by atoms with Crippen LogP contribution in [0.1, 0.15) is 43.8 Å². The molecule has 1 aromatic heterocycles. The highest BCUT2D eigenvalue weighted by molar-refractivity contribution is 5.45. The molecular formula is C14H18N4O. The van der Waals surface area contributed by atoms with Crippen LogP contribution >= 0.6 is 0 Å². The molecule has 100 valence electrons. The molecule has 1 heterocycles. The van der Waals surface area contributed by atoms with E-state index in [1.165, 1.54) is 32.1 Å². The largest absolute Gasteiger partial charge is 0.383 e. The van der Waals surface area contributed by atoms with E-state index in [-0.39, 0.29) is 17.4 Å². The van der Waals surface area contributed by atoms with Crippen LogP contribution in [0.2, 0.25) is 0 Å². The number of nitrogens with two attached hydrogens (primary N) is 1. The van der Waals surface area contributed by atoms with Gasteiger partial charge in [0, 0.05) is 6.04 Å². The minimum absolute atomic E-state index is 0.202.